The Bertz CT molecular complexity index is 1170. The van der Waals surface area contributed by atoms with Crippen molar-refractivity contribution in [3.05, 3.63) is 66.1 Å². The van der Waals surface area contributed by atoms with Gasteiger partial charge >= 0.3 is 0 Å². The van der Waals surface area contributed by atoms with Crippen LogP contribution in [0.2, 0.25) is 0 Å². The van der Waals surface area contributed by atoms with Crippen molar-refractivity contribution in [2.75, 3.05) is 13.3 Å². The molecule has 0 spiro atoms. The molecule has 150 valence electrons. The van der Waals surface area contributed by atoms with Crippen LogP contribution in [0.25, 0.3) is 21.8 Å². The van der Waals surface area contributed by atoms with Gasteiger partial charge in [0.1, 0.15) is 0 Å². The average Bonchev–Trinajstić information content (AvgIpc) is 3.53. The number of ether oxygens (including phenoxy) is 2. The highest BCUT2D eigenvalue weighted by Crippen LogP contribution is 2.34. The smallest absolute Gasteiger partial charge is 0.251 e. The second-order valence-electron chi connectivity index (χ2n) is 6.52. The van der Waals surface area contributed by atoms with Crippen LogP contribution in [0, 0.1) is 0 Å². The lowest BCUT2D eigenvalue weighted by Gasteiger charge is -2.10. The van der Waals surface area contributed by atoms with E-state index in [1.807, 2.05) is 22.2 Å². The third-order valence-corrected chi connectivity index (χ3v) is 5.55. The summed E-state index contributed by atoms with van der Waals surface area (Å²) in [7, 11) is 0. The first kappa shape index (κ1) is 18.3. The molecule has 0 radical (unpaired) electrons. The number of amides is 1. The van der Waals surface area contributed by atoms with Gasteiger partial charge in [-0.1, -0.05) is 6.07 Å². The molecule has 1 N–H and O–H groups in total. The fourth-order valence-corrected chi connectivity index (χ4v) is 4.06. The molecule has 0 saturated heterocycles. The summed E-state index contributed by atoms with van der Waals surface area (Å²) in [4.78, 5) is 22.2. The van der Waals surface area contributed by atoms with Gasteiger partial charge < -0.3 is 14.8 Å². The van der Waals surface area contributed by atoms with Gasteiger partial charge in [-0.15, -0.1) is 11.3 Å². The van der Waals surface area contributed by atoms with Crippen molar-refractivity contribution in [2.24, 2.45) is 0 Å². The highest BCUT2D eigenvalue weighted by atomic mass is 32.1. The number of thiophene rings is 1. The molecule has 1 aliphatic rings. The first-order chi connectivity index (χ1) is 14.8. The Morgan fingerprint density at radius 3 is 2.93 bits per heavy atom. The fourth-order valence-electron chi connectivity index (χ4n) is 3.27. The molecule has 0 unspecified atom stereocenters. The zero-order chi connectivity index (χ0) is 20.3. The van der Waals surface area contributed by atoms with Crippen molar-refractivity contribution < 1.29 is 14.3 Å². The average molecular weight is 419 g/mol. The standard InChI is InChI=1S/C21H17N5O3S/c27-21(14-3-4-17-18(10-14)29-13-28-17)24-7-8-26-20(19-2-1-9-30-19)15(11-25-26)16-12-22-5-6-23-16/h1-6,9-12H,7-8,13H2,(H,24,27). The summed E-state index contributed by atoms with van der Waals surface area (Å²) in [5.41, 5.74) is 3.16. The van der Waals surface area contributed by atoms with Gasteiger partial charge in [0.15, 0.2) is 11.5 Å². The van der Waals surface area contributed by atoms with Crippen LogP contribution in [0.3, 0.4) is 0 Å². The Morgan fingerprint density at radius 1 is 1.17 bits per heavy atom. The summed E-state index contributed by atoms with van der Waals surface area (Å²) >= 11 is 1.63. The number of carbonyl (C=O) groups excluding carboxylic acids is 1. The van der Waals surface area contributed by atoms with Crippen LogP contribution >= 0.6 is 11.3 Å². The van der Waals surface area contributed by atoms with E-state index in [-0.39, 0.29) is 12.7 Å². The quantitative estimate of drug-likeness (QED) is 0.516. The van der Waals surface area contributed by atoms with E-state index in [1.54, 1.807) is 54.3 Å². The Labute approximate surface area is 176 Å². The van der Waals surface area contributed by atoms with Crippen LogP contribution in [0.4, 0.5) is 0 Å². The molecule has 0 bridgehead atoms. The number of benzene rings is 1. The Kier molecular flexibility index (Phi) is 4.86. The van der Waals surface area contributed by atoms with Crippen molar-refractivity contribution in [1.29, 1.82) is 0 Å². The zero-order valence-corrected chi connectivity index (χ0v) is 16.6. The van der Waals surface area contributed by atoms with Crippen LogP contribution in [-0.4, -0.2) is 39.0 Å². The SMILES string of the molecule is O=C(NCCn1ncc(-c2cnccn2)c1-c1cccs1)c1ccc2c(c1)OCO2. The summed E-state index contributed by atoms with van der Waals surface area (Å²) in [6.07, 6.45) is 6.82. The second-order valence-corrected chi connectivity index (χ2v) is 7.47. The molecule has 30 heavy (non-hydrogen) atoms. The molecule has 0 aliphatic carbocycles. The number of aromatic nitrogens is 4. The molecule has 0 atom stereocenters. The first-order valence-corrected chi connectivity index (χ1v) is 10.2. The Hall–Kier alpha value is -3.72. The van der Waals surface area contributed by atoms with E-state index in [2.05, 4.69) is 20.4 Å². The molecule has 3 aromatic heterocycles. The van der Waals surface area contributed by atoms with Gasteiger partial charge in [-0.25, -0.2) is 0 Å². The number of hydrogen-bond acceptors (Lipinski definition) is 7. The van der Waals surface area contributed by atoms with Crippen LogP contribution in [0.15, 0.2) is 60.5 Å². The molecule has 9 heteroatoms. The van der Waals surface area contributed by atoms with Crippen LogP contribution in [0.1, 0.15) is 10.4 Å². The number of carbonyl (C=O) groups is 1. The number of nitrogens with zero attached hydrogens (tertiary/aromatic N) is 4. The van der Waals surface area contributed by atoms with E-state index in [9.17, 15) is 4.79 Å². The third-order valence-electron chi connectivity index (χ3n) is 4.68. The lowest BCUT2D eigenvalue weighted by atomic mass is 10.1. The van der Waals surface area contributed by atoms with E-state index >= 15 is 0 Å². The minimum atomic E-state index is -0.174. The maximum absolute atomic E-state index is 12.5. The van der Waals surface area contributed by atoms with Crippen molar-refractivity contribution in [1.82, 2.24) is 25.1 Å². The van der Waals surface area contributed by atoms with E-state index in [1.165, 1.54) is 0 Å². The molecule has 0 saturated carbocycles. The topological polar surface area (TPSA) is 91.2 Å². The first-order valence-electron chi connectivity index (χ1n) is 9.33. The molecular formula is C21H17N5O3S. The predicted octanol–water partition coefficient (Wildman–Crippen LogP) is 3.23. The summed E-state index contributed by atoms with van der Waals surface area (Å²) in [5.74, 6) is 1.07. The van der Waals surface area contributed by atoms with E-state index in [4.69, 9.17) is 9.47 Å². The summed E-state index contributed by atoms with van der Waals surface area (Å²) in [6.45, 7) is 1.12. The van der Waals surface area contributed by atoms with E-state index < -0.39 is 0 Å². The number of nitrogens with one attached hydrogen (secondary N) is 1. The molecule has 4 aromatic rings. The third kappa shape index (κ3) is 3.50. The van der Waals surface area contributed by atoms with Crippen molar-refractivity contribution in [2.45, 2.75) is 6.54 Å². The largest absolute Gasteiger partial charge is 0.454 e. The van der Waals surface area contributed by atoms with Gasteiger partial charge in [0.2, 0.25) is 6.79 Å². The molecule has 5 rings (SSSR count). The zero-order valence-electron chi connectivity index (χ0n) is 15.8. The second kappa shape index (κ2) is 7.96. The highest BCUT2D eigenvalue weighted by Gasteiger charge is 2.18. The predicted molar refractivity (Wildman–Crippen MR) is 111 cm³/mol. The van der Waals surface area contributed by atoms with Gasteiger partial charge in [0.25, 0.3) is 5.91 Å². The monoisotopic (exact) mass is 419 g/mol. The van der Waals surface area contributed by atoms with E-state index in [0.29, 0.717) is 30.2 Å². The lowest BCUT2D eigenvalue weighted by molar-refractivity contribution is 0.0951. The molecule has 8 nitrogen and oxygen atoms in total. The lowest BCUT2D eigenvalue weighted by Crippen LogP contribution is -2.27. The van der Waals surface area contributed by atoms with Crippen LogP contribution in [0.5, 0.6) is 11.5 Å². The summed E-state index contributed by atoms with van der Waals surface area (Å²) in [6, 6.07) is 9.20. The molecule has 1 aromatic carbocycles. The van der Waals surface area contributed by atoms with Crippen molar-refractivity contribution in [3.63, 3.8) is 0 Å². The molecule has 4 heterocycles. The van der Waals surface area contributed by atoms with Crippen molar-refractivity contribution in [3.8, 4) is 33.3 Å². The van der Waals surface area contributed by atoms with E-state index in [0.717, 1.165) is 21.8 Å². The molecule has 1 aliphatic heterocycles. The van der Waals surface area contributed by atoms with Crippen LogP contribution in [-0.2, 0) is 6.54 Å². The molecule has 1 amide bonds. The summed E-state index contributed by atoms with van der Waals surface area (Å²) in [5, 5.41) is 9.49. The van der Waals surface area contributed by atoms with Crippen LogP contribution < -0.4 is 14.8 Å². The molecule has 0 fully saturated rings. The minimum absolute atomic E-state index is 0.174. The van der Waals surface area contributed by atoms with Gasteiger partial charge in [0, 0.05) is 30.1 Å². The van der Waals surface area contributed by atoms with Crippen molar-refractivity contribution >= 4 is 17.2 Å². The highest BCUT2D eigenvalue weighted by molar-refractivity contribution is 7.13. The summed E-state index contributed by atoms with van der Waals surface area (Å²) < 4.78 is 12.5. The number of rotatable bonds is 6. The van der Waals surface area contributed by atoms with Gasteiger partial charge in [0.05, 0.1) is 35.2 Å². The Morgan fingerprint density at radius 2 is 2.10 bits per heavy atom. The Balaban J connectivity index is 1.33. The fraction of sp³-hybridized carbons (Fsp3) is 0.143. The number of fused-ring (bicyclic) bond motifs is 1. The van der Waals surface area contributed by atoms with Gasteiger partial charge in [-0.05, 0) is 29.6 Å². The maximum Gasteiger partial charge on any atom is 0.251 e. The van der Waals surface area contributed by atoms with Gasteiger partial charge in [-0.2, -0.15) is 5.10 Å². The maximum atomic E-state index is 12.5. The normalized spacial score (nSPS) is 12.1. The van der Waals surface area contributed by atoms with Gasteiger partial charge in [-0.3, -0.25) is 19.4 Å². The minimum Gasteiger partial charge on any atom is -0.454 e. The number of hydrogen-bond donors (Lipinski definition) is 1. The molecular weight excluding hydrogens is 402 g/mol.